The Balaban J connectivity index is 1.71. The number of carbonyl (C=O) groups excluding carboxylic acids is 3. The number of rotatable bonds is 7. The Kier molecular flexibility index (Phi) is 5.68. The van der Waals surface area contributed by atoms with Crippen LogP contribution >= 0.6 is 0 Å². The minimum absolute atomic E-state index is 0.125. The van der Waals surface area contributed by atoms with Crippen molar-refractivity contribution in [2.45, 2.75) is 51.4 Å². The van der Waals surface area contributed by atoms with Gasteiger partial charge in [0.05, 0.1) is 0 Å². The first-order chi connectivity index (χ1) is 12.5. The monoisotopic (exact) mass is 358 g/mol. The van der Waals surface area contributed by atoms with Crippen molar-refractivity contribution < 1.29 is 14.4 Å². The van der Waals surface area contributed by atoms with Crippen LogP contribution in [-0.4, -0.2) is 48.3 Å². The van der Waals surface area contributed by atoms with Gasteiger partial charge < -0.3 is 15.5 Å². The lowest BCUT2D eigenvalue weighted by Crippen LogP contribution is -2.52. The molecule has 1 saturated heterocycles. The summed E-state index contributed by atoms with van der Waals surface area (Å²) in [6.45, 7) is 4.19. The molecule has 140 valence electrons. The van der Waals surface area contributed by atoms with Crippen molar-refractivity contribution in [3.05, 3.63) is 34.9 Å². The molecule has 3 N–H and O–H groups in total. The number of hydrogen-bond donors (Lipinski definition) is 3. The van der Waals surface area contributed by atoms with Crippen LogP contribution in [0.5, 0.6) is 0 Å². The van der Waals surface area contributed by atoms with E-state index in [4.69, 9.17) is 0 Å². The molecule has 0 radical (unpaired) electrons. The zero-order chi connectivity index (χ0) is 18.7. The lowest BCUT2D eigenvalue weighted by atomic mass is 10.0. The van der Waals surface area contributed by atoms with E-state index in [1.54, 1.807) is 4.90 Å². The molecule has 1 aromatic rings. The van der Waals surface area contributed by atoms with Crippen molar-refractivity contribution in [2.75, 3.05) is 13.6 Å². The Labute approximate surface area is 153 Å². The molecule has 0 saturated carbocycles. The van der Waals surface area contributed by atoms with Crippen molar-refractivity contribution in [3.8, 4) is 0 Å². The average Bonchev–Trinajstić information content (AvgIpc) is 2.95. The minimum atomic E-state index is -0.567. The molecule has 7 nitrogen and oxygen atoms in total. The van der Waals surface area contributed by atoms with Gasteiger partial charge in [0.25, 0.3) is 5.91 Å². The molecule has 0 aromatic heterocycles. The van der Waals surface area contributed by atoms with E-state index in [-0.39, 0.29) is 24.1 Å². The number of benzene rings is 1. The van der Waals surface area contributed by atoms with E-state index in [9.17, 15) is 14.4 Å². The zero-order valence-electron chi connectivity index (χ0n) is 15.3. The highest BCUT2D eigenvalue weighted by atomic mass is 16.2. The van der Waals surface area contributed by atoms with Gasteiger partial charge in [0.2, 0.25) is 11.8 Å². The largest absolute Gasteiger partial charge is 0.322 e. The van der Waals surface area contributed by atoms with Crippen molar-refractivity contribution >= 4 is 17.7 Å². The molecule has 2 unspecified atom stereocenters. The summed E-state index contributed by atoms with van der Waals surface area (Å²) in [4.78, 5) is 37.9. The van der Waals surface area contributed by atoms with Crippen LogP contribution in [0.25, 0.3) is 0 Å². The smallest absolute Gasteiger partial charge is 0.255 e. The molecule has 3 amide bonds. The van der Waals surface area contributed by atoms with E-state index in [0.29, 0.717) is 31.1 Å². The van der Waals surface area contributed by atoms with Gasteiger partial charge in [0.1, 0.15) is 6.04 Å². The quantitative estimate of drug-likeness (QED) is 0.619. The lowest BCUT2D eigenvalue weighted by molar-refractivity contribution is -0.136. The Hall–Kier alpha value is -2.25. The Bertz CT molecular complexity index is 719. The molecule has 7 heteroatoms. The third kappa shape index (κ3) is 3.78. The van der Waals surface area contributed by atoms with Gasteiger partial charge >= 0.3 is 0 Å². The molecule has 2 heterocycles. The number of hydrogen-bond acceptors (Lipinski definition) is 5. The Morgan fingerprint density at radius 1 is 1.31 bits per heavy atom. The number of amides is 3. The summed E-state index contributed by atoms with van der Waals surface area (Å²) in [5.41, 5.74) is 2.73. The highest BCUT2D eigenvalue weighted by Gasteiger charge is 2.39. The van der Waals surface area contributed by atoms with Crippen LogP contribution in [0.1, 0.15) is 47.7 Å². The summed E-state index contributed by atoms with van der Waals surface area (Å²) < 4.78 is 0. The summed E-state index contributed by atoms with van der Waals surface area (Å²) in [5.74, 6) is -0.766. The van der Waals surface area contributed by atoms with Gasteiger partial charge in [-0.05, 0) is 50.6 Å². The van der Waals surface area contributed by atoms with Crippen LogP contribution in [0.2, 0.25) is 0 Å². The van der Waals surface area contributed by atoms with E-state index >= 15 is 0 Å². The van der Waals surface area contributed by atoms with Gasteiger partial charge in [0, 0.05) is 31.1 Å². The first-order valence-corrected chi connectivity index (χ1v) is 9.14. The van der Waals surface area contributed by atoms with E-state index < -0.39 is 6.04 Å². The summed E-state index contributed by atoms with van der Waals surface area (Å²) in [6, 6.07) is 5.53. The summed E-state index contributed by atoms with van der Waals surface area (Å²) in [5, 5.41) is 8.97. The molecule has 2 atom stereocenters. The molecule has 1 fully saturated rings. The fourth-order valence-electron chi connectivity index (χ4n) is 3.56. The van der Waals surface area contributed by atoms with Crippen molar-refractivity contribution in [1.82, 2.24) is 20.9 Å². The maximum atomic E-state index is 12.8. The third-order valence-corrected chi connectivity index (χ3v) is 5.15. The van der Waals surface area contributed by atoms with E-state index in [1.807, 2.05) is 25.2 Å². The van der Waals surface area contributed by atoms with Gasteiger partial charge in [-0.1, -0.05) is 12.1 Å². The molecule has 0 aliphatic carbocycles. The number of carbonyl (C=O) groups is 3. The van der Waals surface area contributed by atoms with Gasteiger partial charge in [-0.3, -0.25) is 19.7 Å². The van der Waals surface area contributed by atoms with E-state index in [2.05, 4.69) is 22.9 Å². The second-order valence-corrected chi connectivity index (χ2v) is 7.02. The first-order valence-electron chi connectivity index (χ1n) is 9.14. The molecule has 2 aliphatic heterocycles. The molecule has 2 aliphatic rings. The second kappa shape index (κ2) is 7.97. The molecule has 3 rings (SSSR count). The van der Waals surface area contributed by atoms with Crippen LogP contribution in [0, 0.1) is 0 Å². The fourth-order valence-corrected chi connectivity index (χ4v) is 3.56. The number of nitrogens with zero attached hydrogens (tertiary/aromatic N) is 1. The van der Waals surface area contributed by atoms with Crippen molar-refractivity contribution in [2.24, 2.45) is 0 Å². The molecular weight excluding hydrogens is 332 g/mol. The van der Waals surface area contributed by atoms with Gasteiger partial charge in [0.15, 0.2) is 0 Å². The predicted molar refractivity (Wildman–Crippen MR) is 97.3 cm³/mol. The SMILES string of the molecule is CNCCC(C)NCc1cccc2c1CN(C1CCC(=O)NC1=O)C2=O. The third-order valence-electron chi connectivity index (χ3n) is 5.15. The summed E-state index contributed by atoms with van der Waals surface area (Å²) in [7, 11) is 1.94. The maximum Gasteiger partial charge on any atom is 0.255 e. The molecular formula is C19H26N4O3. The van der Waals surface area contributed by atoms with Gasteiger partial charge in [-0.25, -0.2) is 0 Å². The lowest BCUT2D eigenvalue weighted by Gasteiger charge is -2.29. The Morgan fingerprint density at radius 3 is 2.85 bits per heavy atom. The van der Waals surface area contributed by atoms with Crippen molar-refractivity contribution in [1.29, 1.82) is 0 Å². The number of fused-ring (bicyclic) bond motifs is 1. The van der Waals surface area contributed by atoms with Crippen LogP contribution in [0.4, 0.5) is 0 Å². The first kappa shape index (κ1) is 18.5. The number of piperidine rings is 1. The molecule has 0 bridgehead atoms. The standard InChI is InChI=1S/C19H26N4O3/c1-12(8-9-20-2)21-10-13-4-3-5-14-15(13)11-23(19(14)26)16-6-7-17(24)22-18(16)25/h3-5,12,16,20-21H,6-11H2,1-2H3,(H,22,24,25). The Morgan fingerprint density at radius 2 is 2.12 bits per heavy atom. The molecule has 26 heavy (non-hydrogen) atoms. The van der Waals surface area contributed by atoms with Crippen molar-refractivity contribution in [3.63, 3.8) is 0 Å². The van der Waals surface area contributed by atoms with Crippen LogP contribution in [0.3, 0.4) is 0 Å². The number of nitrogens with one attached hydrogen (secondary N) is 3. The molecule has 1 aromatic carbocycles. The molecule has 0 spiro atoms. The predicted octanol–water partition coefficient (Wildman–Crippen LogP) is 0.535. The van der Waals surface area contributed by atoms with Gasteiger partial charge in [-0.15, -0.1) is 0 Å². The normalized spacial score (nSPS) is 20.9. The van der Waals surface area contributed by atoms with Gasteiger partial charge in [-0.2, -0.15) is 0 Å². The highest BCUT2D eigenvalue weighted by Crippen LogP contribution is 2.29. The highest BCUT2D eigenvalue weighted by molar-refractivity contribution is 6.05. The van der Waals surface area contributed by atoms with Crippen LogP contribution in [-0.2, 0) is 22.7 Å². The fraction of sp³-hybridized carbons (Fsp3) is 0.526. The van der Waals surface area contributed by atoms with Crippen LogP contribution < -0.4 is 16.0 Å². The minimum Gasteiger partial charge on any atom is -0.322 e. The second-order valence-electron chi connectivity index (χ2n) is 7.02. The zero-order valence-corrected chi connectivity index (χ0v) is 15.3. The number of imide groups is 1. The van der Waals surface area contributed by atoms with E-state index in [1.165, 1.54) is 0 Å². The van der Waals surface area contributed by atoms with E-state index in [0.717, 1.165) is 24.1 Å². The summed E-state index contributed by atoms with van der Waals surface area (Å²) >= 11 is 0. The topological polar surface area (TPSA) is 90.5 Å². The van der Waals surface area contributed by atoms with Crippen LogP contribution in [0.15, 0.2) is 18.2 Å². The maximum absolute atomic E-state index is 12.8. The average molecular weight is 358 g/mol. The summed E-state index contributed by atoms with van der Waals surface area (Å²) in [6.07, 6.45) is 1.68.